The van der Waals surface area contributed by atoms with E-state index >= 15 is 0 Å². The predicted molar refractivity (Wildman–Crippen MR) is 65.9 cm³/mol. The Balaban J connectivity index is 2.55. The van der Waals surface area contributed by atoms with Gasteiger partial charge in [-0.2, -0.15) is 0 Å². The first-order valence-corrected chi connectivity index (χ1v) is 5.58. The molecule has 0 amide bonds. The molecule has 0 aliphatic carbocycles. The highest BCUT2D eigenvalue weighted by Crippen LogP contribution is 2.23. The van der Waals surface area contributed by atoms with Crippen LogP contribution in [0.15, 0.2) is 16.9 Å². The van der Waals surface area contributed by atoms with E-state index in [0.29, 0.717) is 11.6 Å². The van der Waals surface area contributed by atoms with Crippen LogP contribution in [0.25, 0.3) is 11.0 Å². The Labute approximate surface area is 98.0 Å². The lowest BCUT2D eigenvalue weighted by atomic mass is 10.1. The standard InChI is InChI=1S/C11H14ClN3O/c1-15-10-5-7(3-2-4-13)8(12)6-9(10)14-11(15)16/h5-6H,2-4,13H2,1H3,(H,14,16). The normalized spacial score (nSPS) is 11.2. The fraction of sp³-hybridized carbons (Fsp3) is 0.364. The summed E-state index contributed by atoms with van der Waals surface area (Å²) in [6.07, 6.45) is 1.73. The van der Waals surface area contributed by atoms with Crippen molar-refractivity contribution in [3.8, 4) is 0 Å². The molecule has 0 aliphatic heterocycles. The van der Waals surface area contributed by atoms with Gasteiger partial charge in [0.1, 0.15) is 0 Å². The molecule has 16 heavy (non-hydrogen) atoms. The highest BCUT2D eigenvalue weighted by Gasteiger charge is 2.07. The number of hydrogen-bond donors (Lipinski definition) is 2. The van der Waals surface area contributed by atoms with Crippen LogP contribution in [0, 0.1) is 0 Å². The number of nitrogens with two attached hydrogens (primary N) is 1. The van der Waals surface area contributed by atoms with Gasteiger partial charge in [-0.3, -0.25) is 4.57 Å². The van der Waals surface area contributed by atoms with E-state index in [1.807, 2.05) is 6.07 Å². The van der Waals surface area contributed by atoms with Crippen molar-refractivity contribution in [3.63, 3.8) is 0 Å². The third-order valence-corrected chi connectivity index (χ3v) is 3.07. The van der Waals surface area contributed by atoms with Crippen LogP contribution in [-0.4, -0.2) is 16.1 Å². The molecule has 0 unspecified atom stereocenters. The summed E-state index contributed by atoms with van der Waals surface area (Å²) < 4.78 is 1.58. The molecular formula is C11H14ClN3O. The Hall–Kier alpha value is -1.26. The number of imidazole rings is 1. The summed E-state index contributed by atoms with van der Waals surface area (Å²) in [6.45, 7) is 0.639. The highest BCUT2D eigenvalue weighted by atomic mass is 35.5. The lowest BCUT2D eigenvalue weighted by molar-refractivity contribution is 0.832. The molecule has 0 saturated carbocycles. The molecule has 3 N–H and O–H groups in total. The van der Waals surface area contributed by atoms with E-state index in [4.69, 9.17) is 17.3 Å². The summed E-state index contributed by atoms with van der Waals surface area (Å²) >= 11 is 6.13. The van der Waals surface area contributed by atoms with Gasteiger partial charge in [-0.05, 0) is 37.1 Å². The highest BCUT2D eigenvalue weighted by molar-refractivity contribution is 6.32. The van der Waals surface area contributed by atoms with Gasteiger partial charge in [0.2, 0.25) is 0 Å². The number of halogens is 1. The summed E-state index contributed by atoms with van der Waals surface area (Å²) in [5.41, 5.74) is 8.03. The van der Waals surface area contributed by atoms with Crippen molar-refractivity contribution in [2.45, 2.75) is 12.8 Å². The van der Waals surface area contributed by atoms with Gasteiger partial charge in [0.05, 0.1) is 11.0 Å². The minimum absolute atomic E-state index is 0.123. The second-order valence-electron chi connectivity index (χ2n) is 3.84. The topological polar surface area (TPSA) is 63.8 Å². The Morgan fingerprint density at radius 2 is 2.25 bits per heavy atom. The summed E-state index contributed by atoms with van der Waals surface area (Å²) in [4.78, 5) is 14.2. The van der Waals surface area contributed by atoms with Gasteiger partial charge in [0.15, 0.2) is 0 Å². The average molecular weight is 240 g/mol. The average Bonchev–Trinajstić information content (AvgIpc) is 2.52. The van der Waals surface area contributed by atoms with Crippen LogP contribution in [0.1, 0.15) is 12.0 Å². The third-order valence-electron chi connectivity index (χ3n) is 2.72. The van der Waals surface area contributed by atoms with Gasteiger partial charge in [-0.25, -0.2) is 4.79 Å². The van der Waals surface area contributed by atoms with Crippen molar-refractivity contribution < 1.29 is 0 Å². The molecule has 0 fully saturated rings. The van der Waals surface area contributed by atoms with Gasteiger partial charge < -0.3 is 10.7 Å². The smallest absolute Gasteiger partial charge is 0.326 e. The minimum atomic E-state index is -0.123. The van der Waals surface area contributed by atoms with Crippen molar-refractivity contribution in [2.75, 3.05) is 6.54 Å². The molecule has 0 atom stereocenters. The Morgan fingerprint density at radius 1 is 1.50 bits per heavy atom. The second kappa shape index (κ2) is 4.31. The minimum Gasteiger partial charge on any atom is -0.330 e. The van der Waals surface area contributed by atoms with Gasteiger partial charge in [0.25, 0.3) is 0 Å². The number of fused-ring (bicyclic) bond motifs is 1. The number of benzene rings is 1. The van der Waals surface area contributed by atoms with Crippen molar-refractivity contribution in [1.82, 2.24) is 9.55 Å². The van der Waals surface area contributed by atoms with Gasteiger partial charge >= 0.3 is 5.69 Å². The maximum absolute atomic E-state index is 11.4. The van der Waals surface area contributed by atoms with Crippen LogP contribution >= 0.6 is 11.6 Å². The SMILES string of the molecule is Cn1c(=O)[nH]c2cc(Cl)c(CCCN)cc21. The van der Waals surface area contributed by atoms with Crippen molar-refractivity contribution in [3.05, 3.63) is 33.2 Å². The van der Waals surface area contributed by atoms with Crippen LogP contribution in [0.4, 0.5) is 0 Å². The van der Waals surface area contributed by atoms with Crippen LogP contribution in [0.2, 0.25) is 5.02 Å². The van der Waals surface area contributed by atoms with Crippen molar-refractivity contribution >= 4 is 22.6 Å². The lowest BCUT2D eigenvalue weighted by Gasteiger charge is -2.04. The fourth-order valence-corrected chi connectivity index (χ4v) is 2.03. The summed E-state index contributed by atoms with van der Waals surface area (Å²) in [5.74, 6) is 0. The third kappa shape index (κ3) is 1.86. The van der Waals surface area contributed by atoms with Crippen LogP contribution < -0.4 is 11.4 Å². The van der Waals surface area contributed by atoms with E-state index in [2.05, 4.69) is 4.98 Å². The molecule has 5 heteroatoms. The number of aromatic amines is 1. The molecule has 2 rings (SSSR count). The number of nitrogens with zero attached hydrogens (tertiary/aromatic N) is 1. The summed E-state index contributed by atoms with van der Waals surface area (Å²) in [6, 6.07) is 3.75. The number of rotatable bonds is 3. The zero-order valence-electron chi connectivity index (χ0n) is 9.09. The molecule has 86 valence electrons. The molecule has 0 radical (unpaired) electrons. The maximum Gasteiger partial charge on any atom is 0.326 e. The zero-order chi connectivity index (χ0) is 11.7. The van der Waals surface area contributed by atoms with Gasteiger partial charge in [-0.15, -0.1) is 0 Å². The number of aromatic nitrogens is 2. The monoisotopic (exact) mass is 239 g/mol. The van der Waals surface area contributed by atoms with Crippen LogP contribution in [0.5, 0.6) is 0 Å². The lowest BCUT2D eigenvalue weighted by Crippen LogP contribution is -2.11. The summed E-state index contributed by atoms with van der Waals surface area (Å²) in [5, 5.41) is 0.683. The molecule has 4 nitrogen and oxygen atoms in total. The van der Waals surface area contributed by atoms with Crippen molar-refractivity contribution in [1.29, 1.82) is 0 Å². The predicted octanol–water partition coefficient (Wildman–Crippen LogP) is 1.41. The molecule has 1 heterocycles. The number of hydrogen-bond acceptors (Lipinski definition) is 2. The van der Waals surface area contributed by atoms with Crippen LogP contribution in [-0.2, 0) is 13.5 Å². The molecule has 2 aromatic rings. The van der Waals surface area contributed by atoms with E-state index in [0.717, 1.165) is 29.4 Å². The molecule has 0 spiro atoms. The van der Waals surface area contributed by atoms with Crippen LogP contribution in [0.3, 0.4) is 0 Å². The van der Waals surface area contributed by atoms with Crippen molar-refractivity contribution in [2.24, 2.45) is 12.8 Å². The Morgan fingerprint density at radius 3 is 2.94 bits per heavy atom. The first kappa shape index (κ1) is 11.2. The Kier molecular flexibility index (Phi) is 3.03. The molecule has 1 aromatic carbocycles. The van der Waals surface area contributed by atoms with E-state index in [1.54, 1.807) is 17.7 Å². The van der Waals surface area contributed by atoms with Gasteiger partial charge in [-0.1, -0.05) is 11.6 Å². The maximum atomic E-state index is 11.4. The van der Waals surface area contributed by atoms with E-state index < -0.39 is 0 Å². The zero-order valence-corrected chi connectivity index (χ0v) is 9.84. The second-order valence-corrected chi connectivity index (χ2v) is 4.25. The molecular weight excluding hydrogens is 226 g/mol. The molecule has 1 aromatic heterocycles. The molecule has 0 saturated heterocycles. The number of aryl methyl sites for hydroxylation is 2. The number of H-pyrrole nitrogens is 1. The first-order valence-electron chi connectivity index (χ1n) is 5.20. The van der Waals surface area contributed by atoms with E-state index in [1.165, 1.54) is 0 Å². The largest absolute Gasteiger partial charge is 0.330 e. The Bertz CT molecular complexity index is 570. The quantitative estimate of drug-likeness (QED) is 0.851. The summed E-state index contributed by atoms with van der Waals surface area (Å²) in [7, 11) is 1.74. The van der Waals surface area contributed by atoms with Gasteiger partial charge in [0, 0.05) is 12.1 Å². The molecule has 0 aliphatic rings. The van der Waals surface area contributed by atoms with E-state index in [-0.39, 0.29) is 5.69 Å². The first-order chi connectivity index (χ1) is 7.63. The molecule has 0 bridgehead atoms. The fourth-order valence-electron chi connectivity index (χ4n) is 1.78. The number of nitrogens with one attached hydrogen (secondary N) is 1. The van der Waals surface area contributed by atoms with E-state index in [9.17, 15) is 4.79 Å².